The summed E-state index contributed by atoms with van der Waals surface area (Å²) < 4.78 is 18.9. The highest BCUT2D eigenvalue weighted by Crippen LogP contribution is 2.20. The molecule has 1 rings (SSSR count). The molecule has 0 amide bonds. The van der Waals surface area contributed by atoms with E-state index in [0.29, 0.717) is 32.3 Å². The molecular formula is C18H31NO5Si. The van der Waals surface area contributed by atoms with Crippen molar-refractivity contribution >= 4 is 14.6 Å². The Morgan fingerprint density at radius 1 is 1.08 bits per heavy atom. The lowest BCUT2D eigenvalue weighted by atomic mass is 10.2. The monoisotopic (exact) mass is 369 g/mol. The Kier molecular flexibility index (Phi) is 9.88. The van der Waals surface area contributed by atoms with Crippen LogP contribution >= 0.6 is 0 Å². The number of carbonyl (C=O) groups is 1. The third kappa shape index (κ3) is 7.64. The van der Waals surface area contributed by atoms with Gasteiger partial charge in [0.2, 0.25) is 0 Å². The van der Waals surface area contributed by atoms with Crippen molar-refractivity contribution in [2.24, 2.45) is 0 Å². The quantitative estimate of drug-likeness (QED) is 0.395. The largest absolute Gasteiger partial charge is 0.500 e. The van der Waals surface area contributed by atoms with Crippen LogP contribution in [0.15, 0.2) is 23.1 Å². The summed E-state index contributed by atoms with van der Waals surface area (Å²) in [5, 5.41) is 0. The second-order valence-electron chi connectivity index (χ2n) is 5.90. The molecular weight excluding hydrogens is 338 g/mol. The minimum Gasteiger partial charge on any atom is -0.374 e. The number of unbranched alkanes of at least 4 members (excludes halogenated alkanes) is 1. The van der Waals surface area contributed by atoms with Gasteiger partial charge in [0.05, 0.1) is 6.54 Å². The fourth-order valence-electron chi connectivity index (χ4n) is 2.67. The zero-order valence-corrected chi connectivity index (χ0v) is 16.9. The Balaban J connectivity index is 2.46. The predicted octanol–water partition coefficient (Wildman–Crippen LogP) is 2.94. The smallest absolute Gasteiger partial charge is 0.374 e. The highest BCUT2D eigenvalue weighted by atomic mass is 28.4. The molecule has 0 atom stereocenters. The molecule has 6 nitrogen and oxygen atoms in total. The normalized spacial score (nSPS) is 11.7. The van der Waals surface area contributed by atoms with Gasteiger partial charge in [0.15, 0.2) is 5.78 Å². The summed E-state index contributed by atoms with van der Waals surface area (Å²) in [4.78, 5) is 23.9. The van der Waals surface area contributed by atoms with Gasteiger partial charge in [-0.05, 0) is 52.2 Å². The summed E-state index contributed by atoms with van der Waals surface area (Å²) in [5.74, 6) is 0.0578. The Morgan fingerprint density at radius 3 is 2.20 bits per heavy atom. The highest BCUT2D eigenvalue weighted by Gasteiger charge is 2.39. The Hall–Kier alpha value is -1.28. The van der Waals surface area contributed by atoms with Crippen LogP contribution in [-0.2, 0) is 24.6 Å². The van der Waals surface area contributed by atoms with Gasteiger partial charge in [-0.15, -0.1) is 0 Å². The van der Waals surface area contributed by atoms with E-state index < -0.39 is 8.80 Å². The molecule has 7 heteroatoms. The number of pyridine rings is 1. The van der Waals surface area contributed by atoms with Crippen molar-refractivity contribution in [1.29, 1.82) is 0 Å². The maximum absolute atomic E-state index is 12.1. The van der Waals surface area contributed by atoms with Crippen LogP contribution in [0.5, 0.6) is 0 Å². The van der Waals surface area contributed by atoms with Gasteiger partial charge in [-0.2, -0.15) is 0 Å². The molecule has 0 fully saturated rings. The number of nitrogens with zero attached hydrogens (tertiary/aromatic N) is 1. The molecule has 1 aromatic rings. The van der Waals surface area contributed by atoms with E-state index in [9.17, 15) is 9.59 Å². The number of hydrogen-bond donors (Lipinski definition) is 0. The van der Waals surface area contributed by atoms with Crippen molar-refractivity contribution < 1.29 is 18.1 Å². The van der Waals surface area contributed by atoms with Crippen LogP contribution in [0, 0.1) is 6.92 Å². The molecule has 0 spiro atoms. The number of carbonyl (C=O) groups excluding carboxylic acids is 1. The van der Waals surface area contributed by atoms with E-state index in [4.69, 9.17) is 13.3 Å². The Bertz CT molecular complexity index is 570. The highest BCUT2D eigenvalue weighted by molar-refractivity contribution is 6.60. The van der Waals surface area contributed by atoms with Crippen LogP contribution in [0.3, 0.4) is 0 Å². The minimum atomic E-state index is -2.62. The molecule has 0 saturated carbocycles. The summed E-state index contributed by atoms with van der Waals surface area (Å²) in [5.41, 5.74) is 0.765. The molecule has 25 heavy (non-hydrogen) atoms. The van der Waals surface area contributed by atoms with Crippen LogP contribution in [0.2, 0.25) is 6.04 Å². The van der Waals surface area contributed by atoms with Crippen molar-refractivity contribution in [2.45, 2.75) is 59.5 Å². The molecule has 0 aromatic carbocycles. The lowest BCUT2D eigenvalue weighted by molar-refractivity contribution is -0.119. The number of ketones is 1. The van der Waals surface area contributed by atoms with Gasteiger partial charge in [-0.1, -0.05) is 0 Å². The minimum absolute atomic E-state index is 0.0578. The molecule has 0 saturated heterocycles. The van der Waals surface area contributed by atoms with Crippen molar-refractivity contribution in [1.82, 2.24) is 4.57 Å². The van der Waals surface area contributed by atoms with E-state index in [1.165, 1.54) is 4.57 Å². The predicted molar refractivity (Wildman–Crippen MR) is 99.7 cm³/mol. The van der Waals surface area contributed by atoms with Gasteiger partial charge in [0.1, 0.15) is 0 Å². The van der Waals surface area contributed by atoms with Gasteiger partial charge >= 0.3 is 8.80 Å². The van der Waals surface area contributed by atoms with Crippen molar-refractivity contribution in [3.63, 3.8) is 0 Å². The standard InChI is InChI=1S/C18H31NO5Si/c1-5-22-25(23-6-2,24-7-3)13-9-8-10-17(20)15-19-12-11-16(4)14-18(19)21/h11-12,14H,5-10,13,15H2,1-4H3. The second kappa shape index (κ2) is 11.4. The van der Waals surface area contributed by atoms with Gasteiger partial charge in [0, 0.05) is 44.5 Å². The first-order chi connectivity index (χ1) is 12.0. The summed E-state index contributed by atoms with van der Waals surface area (Å²) in [6.07, 6.45) is 3.66. The molecule has 0 radical (unpaired) electrons. The maximum atomic E-state index is 12.1. The van der Waals surface area contributed by atoms with Crippen LogP contribution < -0.4 is 5.56 Å². The van der Waals surface area contributed by atoms with Crippen LogP contribution in [-0.4, -0.2) is 39.0 Å². The fourth-order valence-corrected chi connectivity index (χ4v) is 5.36. The molecule has 0 unspecified atom stereocenters. The number of rotatable bonds is 13. The van der Waals surface area contributed by atoms with Crippen molar-refractivity contribution in [3.8, 4) is 0 Å². The van der Waals surface area contributed by atoms with E-state index in [1.54, 1.807) is 12.3 Å². The summed E-state index contributed by atoms with van der Waals surface area (Å²) in [6, 6.07) is 4.08. The number of Topliss-reactive ketones (excluding diaryl/α,β-unsaturated/α-hetero) is 1. The third-order valence-corrected chi connectivity index (χ3v) is 6.93. The Labute approximate surface area is 151 Å². The molecule has 0 bridgehead atoms. The first-order valence-electron chi connectivity index (χ1n) is 9.07. The van der Waals surface area contributed by atoms with Crippen molar-refractivity contribution in [3.05, 3.63) is 34.2 Å². The first kappa shape index (κ1) is 21.8. The van der Waals surface area contributed by atoms with Gasteiger partial charge in [-0.3, -0.25) is 9.59 Å². The average molecular weight is 370 g/mol. The summed E-state index contributed by atoms with van der Waals surface area (Å²) in [7, 11) is -2.62. The molecule has 0 aliphatic heterocycles. The summed E-state index contributed by atoms with van der Waals surface area (Å²) >= 11 is 0. The van der Waals surface area contributed by atoms with Gasteiger partial charge in [-0.25, -0.2) is 0 Å². The Morgan fingerprint density at radius 2 is 1.68 bits per heavy atom. The van der Waals surface area contributed by atoms with Gasteiger partial charge in [0.25, 0.3) is 5.56 Å². The number of hydrogen-bond acceptors (Lipinski definition) is 5. The topological polar surface area (TPSA) is 66.8 Å². The van der Waals surface area contributed by atoms with E-state index >= 15 is 0 Å². The van der Waals surface area contributed by atoms with Crippen molar-refractivity contribution in [2.75, 3.05) is 19.8 Å². The van der Waals surface area contributed by atoms with E-state index in [-0.39, 0.29) is 17.9 Å². The zero-order chi connectivity index (χ0) is 18.7. The van der Waals surface area contributed by atoms with E-state index in [0.717, 1.165) is 18.4 Å². The lowest BCUT2D eigenvalue weighted by Gasteiger charge is -2.28. The average Bonchev–Trinajstić information content (AvgIpc) is 2.55. The lowest BCUT2D eigenvalue weighted by Crippen LogP contribution is -2.45. The molecule has 1 aromatic heterocycles. The van der Waals surface area contributed by atoms with E-state index in [2.05, 4.69) is 0 Å². The fraction of sp³-hybridized carbons (Fsp3) is 0.667. The molecule has 1 heterocycles. The third-order valence-electron chi connectivity index (χ3n) is 3.78. The molecule has 0 aliphatic rings. The first-order valence-corrected chi connectivity index (χ1v) is 11.0. The number of aromatic nitrogens is 1. The maximum Gasteiger partial charge on any atom is 0.500 e. The number of aryl methyl sites for hydroxylation is 1. The van der Waals surface area contributed by atoms with Crippen LogP contribution in [0.25, 0.3) is 0 Å². The molecule has 0 aliphatic carbocycles. The summed E-state index contributed by atoms with van der Waals surface area (Å²) in [6.45, 7) is 9.46. The van der Waals surface area contributed by atoms with E-state index in [1.807, 2.05) is 33.8 Å². The van der Waals surface area contributed by atoms with Gasteiger partial charge < -0.3 is 17.8 Å². The molecule has 142 valence electrons. The zero-order valence-electron chi connectivity index (χ0n) is 15.9. The molecule has 0 N–H and O–H groups in total. The SMILES string of the molecule is CCO[Si](CCCCC(=O)Cn1ccc(C)cc1=O)(OCC)OCC. The van der Waals surface area contributed by atoms with Crippen LogP contribution in [0.4, 0.5) is 0 Å². The second-order valence-corrected chi connectivity index (χ2v) is 8.63. The van der Waals surface area contributed by atoms with Crippen LogP contribution in [0.1, 0.15) is 45.6 Å².